The molecule has 0 saturated carbocycles. The van der Waals surface area contributed by atoms with Crippen molar-refractivity contribution in [2.24, 2.45) is 0 Å². The molecule has 0 spiro atoms. The highest BCUT2D eigenvalue weighted by molar-refractivity contribution is 6.31. The van der Waals surface area contributed by atoms with Gasteiger partial charge in [-0.15, -0.1) is 0 Å². The van der Waals surface area contributed by atoms with Crippen LogP contribution in [0, 0.1) is 5.82 Å². The van der Waals surface area contributed by atoms with E-state index in [9.17, 15) is 9.50 Å². The number of benzene rings is 1. The molecule has 1 aromatic rings. The van der Waals surface area contributed by atoms with Gasteiger partial charge in [0.25, 0.3) is 0 Å². The maximum atomic E-state index is 13.0. The second kappa shape index (κ2) is 5.78. The second-order valence-corrected chi connectivity index (χ2v) is 4.41. The molecular weight excluding hydrogens is 247 g/mol. The van der Waals surface area contributed by atoms with Crippen molar-refractivity contribution < 1.29 is 19.0 Å². The van der Waals surface area contributed by atoms with E-state index in [-0.39, 0.29) is 12.1 Å². The summed E-state index contributed by atoms with van der Waals surface area (Å²) in [6.45, 7) is 1.11. The van der Waals surface area contributed by atoms with Gasteiger partial charge in [0.2, 0.25) is 0 Å². The van der Waals surface area contributed by atoms with Gasteiger partial charge < -0.3 is 14.6 Å². The summed E-state index contributed by atoms with van der Waals surface area (Å²) in [5.41, 5.74) is 0.595. The van der Waals surface area contributed by atoms with Crippen LogP contribution < -0.4 is 0 Å². The molecule has 5 heteroatoms. The average molecular weight is 261 g/mol. The van der Waals surface area contributed by atoms with Crippen LogP contribution in [-0.2, 0) is 15.9 Å². The number of ether oxygens (including phenoxy) is 2. The summed E-state index contributed by atoms with van der Waals surface area (Å²) in [6.07, 6.45) is -0.359. The van der Waals surface area contributed by atoms with Crippen LogP contribution in [-0.4, -0.2) is 30.7 Å². The Morgan fingerprint density at radius 1 is 1.41 bits per heavy atom. The Morgan fingerprint density at radius 2 is 2.12 bits per heavy atom. The monoisotopic (exact) mass is 260 g/mol. The van der Waals surface area contributed by atoms with Gasteiger partial charge in [0, 0.05) is 17.9 Å². The Morgan fingerprint density at radius 3 is 2.82 bits per heavy atom. The van der Waals surface area contributed by atoms with E-state index in [4.69, 9.17) is 21.1 Å². The minimum Gasteiger partial charge on any atom is -0.393 e. The predicted octanol–water partition coefficient (Wildman–Crippen LogP) is 2.15. The van der Waals surface area contributed by atoms with Crippen LogP contribution in [0.5, 0.6) is 0 Å². The zero-order valence-corrected chi connectivity index (χ0v) is 9.99. The lowest BCUT2D eigenvalue weighted by molar-refractivity contribution is -0.0698. The first-order chi connectivity index (χ1) is 8.15. The molecule has 1 N–H and O–H groups in total. The molecule has 0 aliphatic carbocycles. The number of hydrogen-bond acceptors (Lipinski definition) is 3. The van der Waals surface area contributed by atoms with Crippen molar-refractivity contribution in [3.05, 3.63) is 34.6 Å². The summed E-state index contributed by atoms with van der Waals surface area (Å²) in [5, 5.41) is 10.3. The number of aliphatic hydroxyl groups excluding tert-OH is 1. The van der Waals surface area contributed by atoms with Crippen molar-refractivity contribution in [2.75, 3.05) is 13.2 Å². The molecule has 0 radical (unpaired) electrons. The smallest absolute Gasteiger partial charge is 0.160 e. The molecule has 1 fully saturated rings. The topological polar surface area (TPSA) is 38.7 Å². The third-order valence-corrected chi connectivity index (χ3v) is 2.99. The maximum absolute atomic E-state index is 13.0. The molecule has 0 bridgehead atoms. The highest BCUT2D eigenvalue weighted by Crippen LogP contribution is 2.21. The molecule has 1 heterocycles. The fourth-order valence-corrected chi connectivity index (χ4v) is 2.00. The zero-order chi connectivity index (χ0) is 12.3. The van der Waals surface area contributed by atoms with Crippen molar-refractivity contribution in [3.63, 3.8) is 0 Å². The van der Waals surface area contributed by atoms with E-state index < -0.39 is 6.10 Å². The standard InChI is InChI=1S/C12H14ClFO3/c13-11-2-1-9(14)5-8(11)6-10(15)7-12-16-3-4-17-12/h1-2,5,10,12,15H,3-4,6-7H2. The molecule has 0 aromatic heterocycles. The zero-order valence-electron chi connectivity index (χ0n) is 9.23. The molecule has 1 saturated heterocycles. The van der Waals surface area contributed by atoms with E-state index in [0.717, 1.165) is 0 Å². The number of hydrogen-bond donors (Lipinski definition) is 1. The predicted molar refractivity (Wildman–Crippen MR) is 61.4 cm³/mol. The van der Waals surface area contributed by atoms with Gasteiger partial charge in [0.1, 0.15) is 5.82 Å². The van der Waals surface area contributed by atoms with Crippen molar-refractivity contribution in [3.8, 4) is 0 Å². The summed E-state index contributed by atoms with van der Waals surface area (Å²) in [6, 6.07) is 4.12. The lowest BCUT2D eigenvalue weighted by Crippen LogP contribution is -2.20. The molecule has 1 aromatic carbocycles. The SMILES string of the molecule is OC(Cc1cc(F)ccc1Cl)CC1OCCO1. The molecule has 17 heavy (non-hydrogen) atoms. The maximum Gasteiger partial charge on any atom is 0.160 e. The Labute approximate surface area is 104 Å². The van der Waals surface area contributed by atoms with Gasteiger partial charge in [-0.25, -0.2) is 4.39 Å². The Hall–Kier alpha value is -0.680. The van der Waals surface area contributed by atoms with Gasteiger partial charge in [0.05, 0.1) is 19.3 Å². The summed E-state index contributed by atoms with van der Waals surface area (Å²) in [4.78, 5) is 0. The lowest BCUT2D eigenvalue weighted by atomic mass is 10.1. The second-order valence-electron chi connectivity index (χ2n) is 4.00. The van der Waals surface area contributed by atoms with E-state index in [0.29, 0.717) is 36.6 Å². The fourth-order valence-electron chi connectivity index (χ4n) is 1.80. The van der Waals surface area contributed by atoms with Crippen molar-refractivity contribution in [2.45, 2.75) is 25.2 Å². The highest BCUT2D eigenvalue weighted by atomic mass is 35.5. The van der Waals surface area contributed by atoms with E-state index >= 15 is 0 Å². The molecule has 1 aliphatic heterocycles. The molecule has 3 nitrogen and oxygen atoms in total. The Balaban J connectivity index is 1.92. The number of aliphatic hydroxyl groups is 1. The lowest BCUT2D eigenvalue weighted by Gasteiger charge is -2.15. The van der Waals surface area contributed by atoms with Gasteiger partial charge in [0.15, 0.2) is 6.29 Å². The molecule has 1 aliphatic rings. The first-order valence-electron chi connectivity index (χ1n) is 5.50. The van der Waals surface area contributed by atoms with Crippen LogP contribution in [0.1, 0.15) is 12.0 Å². The van der Waals surface area contributed by atoms with Gasteiger partial charge in [-0.1, -0.05) is 11.6 Å². The largest absolute Gasteiger partial charge is 0.393 e. The van der Waals surface area contributed by atoms with Crippen molar-refractivity contribution in [1.82, 2.24) is 0 Å². The fraction of sp³-hybridized carbons (Fsp3) is 0.500. The highest BCUT2D eigenvalue weighted by Gasteiger charge is 2.20. The third kappa shape index (κ3) is 3.64. The van der Waals surface area contributed by atoms with E-state index in [1.165, 1.54) is 18.2 Å². The van der Waals surface area contributed by atoms with Crippen molar-refractivity contribution >= 4 is 11.6 Å². The van der Waals surface area contributed by atoms with Gasteiger partial charge >= 0.3 is 0 Å². The van der Waals surface area contributed by atoms with Crippen LogP contribution in [0.4, 0.5) is 4.39 Å². The number of rotatable bonds is 4. The average Bonchev–Trinajstić information content (AvgIpc) is 2.76. The molecular formula is C12H14ClFO3. The third-order valence-electron chi connectivity index (χ3n) is 2.62. The summed E-state index contributed by atoms with van der Waals surface area (Å²) < 4.78 is 23.5. The Bertz CT molecular complexity index is 380. The molecule has 2 rings (SSSR count). The molecule has 1 atom stereocenters. The van der Waals surface area contributed by atoms with E-state index in [1.807, 2.05) is 0 Å². The van der Waals surface area contributed by atoms with Gasteiger partial charge in [-0.05, 0) is 23.8 Å². The van der Waals surface area contributed by atoms with Crippen molar-refractivity contribution in [1.29, 1.82) is 0 Å². The molecule has 1 unspecified atom stereocenters. The van der Waals surface area contributed by atoms with Crippen LogP contribution >= 0.6 is 11.6 Å². The number of halogens is 2. The summed E-state index contributed by atoms with van der Waals surface area (Å²) in [7, 11) is 0. The van der Waals surface area contributed by atoms with Crippen LogP contribution in [0.3, 0.4) is 0 Å². The Kier molecular flexibility index (Phi) is 4.34. The quantitative estimate of drug-likeness (QED) is 0.902. The van der Waals surface area contributed by atoms with Gasteiger partial charge in [-0.3, -0.25) is 0 Å². The van der Waals surface area contributed by atoms with E-state index in [1.54, 1.807) is 0 Å². The van der Waals surface area contributed by atoms with Crippen LogP contribution in [0.2, 0.25) is 5.02 Å². The van der Waals surface area contributed by atoms with Crippen LogP contribution in [0.15, 0.2) is 18.2 Å². The normalized spacial score (nSPS) is 18.5. The van der Waals surface area contributed by atoms with Crippen LogP contribution in [0.25, 0.3) is 0 Å². The van der Waals surface area contributed by atoms with Gasteiger partial charge in [-0.2, -0.15) is 0 Å². The first kappa shape index (κ1) is 12.8. The first-order valence-corrected chi connectivity index (χ1v) is 5.88. The minimum absolute atomic E-state index is 0.291. The summed E-state index contributed by atoms with van der Waals surface area (Å²) >= 11 is 5.92. The molecule has 0 amide bonds. The minimum atomic E-state index is -0.655. The molecule has 94 valence electrons. The summed E-state index contributed by atoms with van der Waals surface area (Å²) in [5.74, 6) is -0.357. The van der Waals surface area contributed by atoms with E-state index in [2.05, 4.69) is 0 Å².